The van der Waals surface area contributed by atoms with Crippen LogP contribution in [0.1, 0.15) is 21.5 Å². The van der Waals surface area contributed by atoms with Gasteiger partial charge in [0.1, 0.15) is 5.75 Å². The fourth-order valence-corrected chi connectivity index (χ4v) is 1.87. The Bertz CT molecular complexity index is 630. The fraction of sp³-hybridized carbons (Fsp3) is 0.118. The van der Waals surface area contributed by atoms with Crippen LogP contribution in [0.4, 0.5) is 5.69 Å². The van der Waals surface area contributed by atoms with Gasteiger partial charge in [0.15, 0.2) is 0 Å². The van der Waals surface area contributed by atoms with Crippen molar-refractivity contribution >= 4 is 11.6 Å². The Kier molecular flexibility index (Phi) is 4.20. The fourth-order valence-electron chi connectivity index (χ4n) is 1.87. The summed E-state index contributed by atoms with van der Waals surface area (Å²) in [5, 5.41) is 12.6. The van der Waals surface area contributed by atoms with E-state index in [-0.39, 0.29) is 11.7 Å². The standard InChI is InChI=1S/C17H17NO2/c1-3-4-13-7-8-14(11-16(13)19)17(20)18-15-9-5-12(2)6-10-15/h3,5-11,19H,1,4H2,2H3,(H,18,20). The summed E-state index contributed by atoms with van der Waals surface area (Å²) < 4.78 is 0. The van der Waals surface area contributed by atoms with Gasteiger partial charge in [0, 0.05) is 11.3 Å². The zero-order valence-electron chi connectivity index (χ0n) is 11.4. The maximum atomic E-state index is 12.1. The van der Waals surface area contributed by atoms with E-state index in [1.54, 1.807) is 18.2 Å². The first-order valence-corrected chi connectivity index (χ1v) is 6.41. The van der Waals surface area contributed by atoms with E-state index in [2.05, 4.69) is 11.9 Å². The summed E-state index contributed by atoms with van der Waals surface area (Å²) in [6.45, 7) is 5.62. The first-order chi connectivity index (χ1) is 9.60. The van der Waals surface area contributed by atoms with Crippen LogP contribution in [0.2, 0.25) is 0 Å². The first-order valence-electron chi connectivity index (χ1n) is 6.41. The van der Waals surface area contributed by atoms with Gasteiger partial charge in [0.2, 0.25) is 0 Å². The number of anilines is 1. The summed E-state index contributed by atoms with van der Waals surface area (Å²) in [5.74, 6) is -0.129. The van der Waals surface area contributed by atoms with E-state index in [0.29, 0.717) is 12.0 Å². The third kappa shape index (κ3) is 3.26. The van der Waals surface area contributed by atoms with Crippen LogP contribution >= 0.6 is 0 Å². The Morgan fingerprint density at radius 3 is 2.55 bits per heavy atom. The molecule has 0 aliphatic rings. The molecule has 0 aliphatic heterocycles. The number of carbonyl (C=O) groups is 1. The van der Waals surface area contributed by atoms with Crippen LogP contribution in [0.3, 0.4) is 0 Å². The van der Waals surface area contributed by atoms with Crippen LogP contribution in [0.25, 0.3) is 0 Å². The monoisotopic (exact) mass is 267 g/mol. The molecule has 0 unspecified atom stereocenters. The van der Waals surface area contributed by atoms with Crippen molar-refractivity contribution in [3.63, 3.8) is 0 Å². The summed E-state index contributed by atoms with van der Waals surface area (Å²) in [5.41, 5.74) is 3.05. The molecule has 2 aromatic rings. The number of nitrogens with one attached hydrogen (secondary N) is 1. The smallest absolute Gasteiger partial charge is 0.255 e. The van der Waals surface area contributed by atoms with Crippen molar-refractivity contribution in [1.82, 2.24) is 0 Å². The third-order valence-electron chi connectivity index (χ3n) is 3.02. The molecule has 0 spiro atoms. The summed E-state index contributed by atoms with van der Waals surface area (Å²) in [6, 6.07) is 12.5. The Balaban J connectivity index is 2.15. The van der Waals surface area contributed by atoms with Gasteiger partial charge >= 0.3 is 0 Å². The lowest BCUT2D eigenvalue weighted by molar-refractivity contribution is 0.102. The highest BCUT2D eigenvalue weighted by Crippen LogP contribution is 2.20. The SMILES string of the molecule is C=CCc1ccc(C(=O)Nc2ccc(C)cc2)cc1O. The number of hydrogen-bond acceptors (Lipinski definition) is 2. The second kappa shape index (κ2) is 6.06. The average Bonchev–Trinajstić information content (AvgIpc) is 2.44. The number of aryl methyl sites for hydroxylation is 1. The quantitative estimate of drug-likeness (QED) is 0.830. The average molecular weight is 267 g/mol. The van der Waals surface area contributed by atoms with Gasteiger partial charge in [-0.1, -0.05) is 29.8 Å². The lowest BCUT2D eigenvalue weighted by Crippen LogP contribution is -2.11. The van der Waals surface area contributed by atoms with E-state index in [1.807, 2.05) is 31.2 Å². The van der Waals surface area contributed by atoms with Gasteiger partial charge in [-0.2, -0.15) is 0 Å². The Labute approximate surface area is 118 Å². The van der Waals surface area contributed by atoms with Crippen LogP contribution in [0, 0.1) is 6.92 Å². The molecule has 20 heavy (non-hydrogen) atoms. The topological polar surface area (TPSA) is 49.3 Å². The molecule has 0 bridgehead atoms. The van der Waals surface area contributed by atoms with Crippen molar-refractivity contribution in [2.24, 2.45) is 0 Å². The number of allylic oxidation sites excluding steroid dienone is 1. The molecule has 0 atom stereocenters. The van der Waals surface area contributed by atoms with Crippen molar-refractivity contribution < 1.29 is 9.90 Å². The summed E-state index contributed by atoms with van der Waals surface area (Å²) in [7, 11) is 0. The summed E-state index contributed by atoms with van der Waals surface area (Å²) in [6.07, 6.45) is 2.28. The van der Waals surface area contributed by atoms with Gasteiger partial charge in [-0.3, -0.25) is 4.79 Å². The molecule has 0 heterocycles. The molecule has 2 aromatic carbocycles. The van der Waals surface area contributed by atoms with E-state index in [9.17, 15) is 9.90 Å². The van der Waals surface area contributed by atoms with Gasteiger partial charge in [-0.25, -0.2) is 0 Å². The van der Waals surface area contributed by atoms with Crippen molar-refractivity contribution in [3.8, 4) is 5.75 Å². The van der Waals surface area contributed by atoms with Crippen molar-refractivity contribution in [1.29, 1.82) is 0 Å². The third-order valence-corrected chi connectivity index (χ3v) is 3.02. The Hall–Kier alpha value is -2.55. The van der Waals surface area contributed by atoms with Gasteiger partial charge < -0.3 is 10.4 Å². The minimum atomic E-state index is -0.241. The molecular formula is C17H17NO2. The molecule has 102 valence electrons. The molecule has 0 saturated carbocycles. The van der Waals surface area contributed by atoms with Crippen LogP contribution in [0.5, 0.6) is 5.75 Å². The van der Waals surface area contributed by atoms with E-state index < -0.39 is 0 Å². The molecule has 0 saturated heterocycles. The first kappa shape index (κ1) is 13.9. The number of aromatic hydroxyl groups is 1. The number of phenols is 1. The van der Waals surface area contributed by atoms with Crippen LogP contribution in [0.15, 0.2) is 55.1 Å². The van der Waals surface area contributed by atoms with Gasteiger partial charge in [0.05, 0.1) is 0 Å². The highest BCUT2D eigenvalue weighted by molar-refractivity contribution is 6.04. The zero-order chi connectivity index (χ0) is 14.5. The number of benzene rings is 2. The minimum absolute atomic E-state index is 0.112. The number of phenolic OH excluding ortho intramolecular Hbond substituents is 1. The molecule has 0 radical (unpaired) electrons. The largest absolute Gasteiger partial charge is 0.508 e. The van der Waals surface area contributed by atoms with Crippen molar-refractivity contribution in [3.05, 3.63) is 71.8 Å². The zero-order valence-corrected chi connectivity index (χ0v) is 11.4. The highest BCUT2D eigenvalue weighted by atomic mass is 16.3. The molecule has 0 aliphatic carbocycles. The maximum Gasteiger partial charge on any atom is 0.255 e. The van der Waals surface area contributed by atoms with Gasteiger partial charge in [0.25, 0.3) is 5.91 Å². The van der Waals surface area contributed by atoms with Crippen LogP contribution in [-0.4, -0.2) is 11.0 Å². The van der Waals surface area contributed by atoms with E-state index in [0.717, 1.165) is 16.8 Å². The molecule has 0 fully saturated rings. The number of amides is 1. The lowest BCUT2D eigenvalue weighted by Gasteiger charge is -2.08. The lowest BCUT2D eigenvalue weighted by atomic mass is 10.1. The van der Waals surface area contributed by atoms with Gasteiger partial charge in [-0.15, -0.1) is 6.58 Å². The predicted molar refractivity (Wildman–Crippen MR) is 81.1 cm³/mol. The summed E-state index contributed by atoms with van der Waals surface area (Å²) >= 11 is 0. The van der Waals surface area contributed by atoms with Gasteiger partial charge in [-0.05, 0) is 43.2 Å². The second-order valence-corrected chi connectivity index (χ2v) is 4.66. The summed E-state index contributed by atoms with van der Waals surface area (Å²) in [4.78, 5) is 12.1. The minimum Gasteiger partial charge on any atom is -0.508 e. The molecular weight excluding hydrogens is 250 g/mol. The molecule has 2 rings (SSSR count). The predicted octanol–water partition coefficient (Wildman–Crippen LogP) is 3.68. The van der Waals surface area contributed by atoms with Crippen molar-refractivity contribution in [2.45, 2.75) is 13.3 Å². The highest BCUT2D eigenvalue weighted by Gasteiger charge is 2.09. The Morgan fingerprint density at radius 1 is 1.25 bits per heavy atom. The number of hydrogen-bond donors (Lipinski definition) is 2. The van der Waals surface area contributed by atoms with Crippen LogP contribution < -0.4 is 5.32 Å². The molecule has 3 nitrogen and oxygen atoms in total. The maximum absolute atomic E-state index is 12.1. The van der Waals surface area contributed by atoms with Crippen LogP contribution in [-0.2, 0) is 6.42 Å². The number of rotatable bonds is 4. The second-order valence-electron chi connectivity index (χ2n) is 4.66. The molecule has 3 heteroatoms. The van der Waals surface area contributed by atoms with E-state index >= 15 is 0 Å². The Morgan fingerprint density at radius 2 is 1.95 bits per heavy atom. The molecule has 1 amide bonds. The normalized spacial score (nSPS) is 10.1. The number of carbonyl (C=O) groups excluding carboxylic acids is 1. The molecule has 0 aromatic heterocycles. The van der Waals surface area contributed by atoms with E-state index in [1.165, 1.54) is 6.07 Å². The molecule has 2 N–H and O–H groups in total. The van der Waals surface area contributed by atoms with Crippen molar-refractivity contribution in [2.75, 3.05) is 5.32 Å². The van der Waals surface area contributed by atoms with E-state index in [4.69, 9.17) is 0 Å².